The van der Waals surface area contributed by atoms with E-state index in [1.807, 2.05) is 0 Å². The summed E-state index contributed by atoms with van der Waals surface area (Å²) in [7, 11) is 0. The normalized spacial score (nSPS) is 25.6. The molecule has 2 rings (SSSR count). The number of halogens is 3. The first kappa shape index (κ1) is 15.6. The Morgan fingerprint density at radius 2 is 1.76 bits per heavy atom. The molecule has 1 fully saturated rings. The Labute approximate surface area is 119 Å². The van der Waals surface area contributed by atoms with Crippen LogP contribution in [0.2, 0.25) is 0 Å². The van der Waals surface area contributed by atoms with Gasteiger partial charge in [0.2, 0.25) is 0 Å². The van der Waals surface area contributed by atoms with E-state index >= 15 is 0 Å². The first-order chi connectivity index (χ1) is 9.81. The summed E-state index contributed by atoms with van der Waals surface area (Å²) in [6.07, 6.45) is 1.26. The molecular weight excluding hydrogens is 287 g/mol. The molecule has 0 unspecified atom stereocenters. The number of anilines is 1. The van der Waals surface area contributed by atoms with Crippen molar-refractivity contribution in [2.75, 3.05) is 11.9 Å². The van der Waals surface area contributed by atoms with Crippen LogP contribution >= 0.6 is 0 Å². The fraction of sp³-hybridized carbons (Fsp3) is 0.500. The van der Waals surface area contributed by atoms with Gasteiger partial charge in [-0.2, -0.15) is 0 Å². The molecule has 0 bridgehead atoms. The predicted molar refractivity (Wildman–Crippen MR) is 69.3 cm³/mol. The van der Waals surface area contributed by atoms with Crippen LogP contribution in [0.5, 0.6) is 0 Å². The molecule has 1 aliphatic rings. The lowest BCUT2D eigenvalue weighted by atomic mass is 9.79. The van der Waals surface area contributed by atoms with Gasteiger partial charge in [-0.3, -0.25) is 4.79 Å². The van der Waals surface area contributed by atoms with Gasteiger partial charge in [-0.15, -0.1) is 0 Å². The zero-order chi connectivity index (χ0) is 15.6. The molecule has 0 heterocycles. The molecule has 7 heteroatoms. The standard InChI is InChI=1S/C14H16F3NO3/c15-10-5-9(6-11(16)12(10)17)18-7-14(21)3-1-8(2-4-14)13(19)20/h5-6,8,18,21H,1-4,7H2,(H,19,20). The number of hydrogen-bond acceptors (Lipinski definition) is 3. The number of nitrogens with one attached hydrogen (secondary N) is 1. The lowest BCUT2D eigenvalue weighted by Crippen LogP contribution is -2.41. The van der Waals surface area contributed by atoms with Crippen LogP contribution < -0.4 is 5.32 Å². The fourth-order valence-corrected chi connectivity index (χ4v) is 2.50. The number of carbonyl (C=O) groups is 1. The highest BCUT2D eigenvalue weighted by Gasteiger charge is 2.35. The molecule has 1 aromatic rings. The number of rotatable bonds is 4. The summed E-state index contributed by atoms with van der Waals surface area (Å²) >= 11 is 0. The van der Waals surface area contributed by atoms with E-state index < -0.39 is 34.9 Å². The highest BCUT2D eigenvalue weighted by molar-refractivity contribution is 5.70. The van der Waals surface area contributed by atoms with Crippen molar-refractivity contribution in [3.8, 4) is 0 Å². The topological polar surface area (TPSA) is 69.6 Å². The number of aliphatic hydroxyl groups is 1. The third-order valence-corrected chi connectivity index (χ3v) is 3.87. The van der Waals surface area contributed by atoms with Crippen LogP contribution in [-0.4, -0.2) is 28.3 Å². The third-order valence-electron chi connectivity index (χ3n) is 3.87. The third kappa shape index (κ3) is 3.66. The van der Waals surface area contributed by atoms with E-state index in [0.717, 1.165) is 12.1 Å². The van der Waals surface area contributed by atoms with Crippen molar-refractivity contribution >= 4 is 11.7 Å². The van der Waals surface area contributed by atoms with Gasteiger partial charge in [-0.25, -0.2) is 13.2 Å². The second-order valence-electron chi connectivity index (χ2n) is 5.44. The van der Waals surface area contributed by atoms with Crippen molar-refractivity contribution in [1.29, 1.82) is 0 Å². The minimum Gasteiger partial charge on any atom is -0.481 e. The van der Waals surface area contributed by atoms with Crippen LogP contribution in [0.1, 0.15) is 25.7 Å². The van der Waals surface area contributed by atoms with Gasteiger partial charge in [0, 0.05) is 24.4 Å². The Kier molecular flexibility index (Phi) is 4.41. The van der Waals surface area contributed by atoms with Crippen molar-refractivity contribution in [2.45, 2.75) is 31.3 Å². The van der Waals surface area contributed by atoms with Crippen LogP contribution in [0.4, 0.5) is 18.9 Å². The zero-order valence-electron chi connectivity index (χ0n) is 11.2. The van der Waals surface area contributed by atoms with Crippen molar-refractivity contribution in [2.24, 2.45) is 5.92 Å². The van der Waals surface area contributed by atoms with Crippen LogP contribution in [0, 0.1) is 23.4 Å². The highest BCUT2D eigenvalue weighted by Crippen LogP contribution is 2.32. The summed E-state index contributed by atoms with van der Waals surface area (Å²) in [6.45, 7) is 0.0177. The van der Waals surface area contributed by atoms with Crippen LogP contribution in [0.15, 0.2) is 12.1 Å². The van der Waals surface area contributed by atoms with Gasteiger partial charge < -0.3 is 15.5 Å². The minimum absolute atomic E-state index is 0.0177. The highest BCUT2D eigenvalue weighted by atomic mass is 19.2. The lowest BCUT2D eigenvalue weighted by molar-refractivity contribution is -0.144. The maximum Gasteiger partial charge on any atom is 0.306 e. The van der Waals surface area contributed by atoms with Crippen LogP contribution in [-0.2, 0) is 4.79 Å². The van der Waals surface area contributed by atoms with E-state index in [0.29, 0.717) is 12.8 Å². The smallest absolute Gasteiger partial charge is 0.306 e. The molecule has 0 radical (unpaired) electrons. The van der Waals surface area contributed by atoms with Gasteiger partial charge in [0.25, 0.3) is 0 Å². The van der Waals surface area contributed by atoms with E-state index in [2.05, 4.69) is 5.32 Å². The molecule has 1 aliphatic carbocycles. The molecule has 0 aliphatic heterocycles. The molecule has 4 nitrogen and oxygen atoms in total. The Hall–Kier alpha value is -1.76. The number of hydrogen-bond donors (Lipinski definition) is 3. The van der Waals surface area contributed by atoms with Gasteiger partial charge in [0.15, 0.2) is 17.5 Å². The SMILES string of the molecule is O=C(O)C1CCC(O)(CNc2cc(F)c(F)c(F)c2)CC1. The summed E-state index contributed by atoms with van der Waals surface area (Å²) in [6, 6.07) is 1.62. The van der Waals surface area contributed by atoms with Crippen molar-refractivity contribution in [3.05, 3.63) is 29.6 Å². The Bertz CT molecular complexity index is 519. The first-order valence-corrected chi connectivity index (χ1v) is 6.64. The second-order valence-corrected chi connectivity index (χ2v) is 5.44. The van der Waals surface area contributed by atoms with Gasteiger partial charge in [-0.05, 0) is 25.7 Å². The average Bonchev–Trinajstić information content (AvgIpc) is 2.43. The van der Waals surface area contributed by atoms with Crippen LogP contribution in [0.3, 0.4) is 0 Å². The molecule has 0 atom stereocenters. The average molecular weight is 303 g/mol. The number of aliphatic carboxylic acids is 1. The lowest BCUT2D eigenvalue weighted by Gasteiger charge is -2.35. The van der Waals surface area contributed by atoms with Gasteiger partial charge in [0.05, 0.1) is 11.5 Å². The van der Waals surface area contributed by atoms with Crippen molar-refractivity contribution in [1.82, 2.24) is 0 Å². The molecule has 3 N–H and O–H groups in total. The molecule has 0 saturated heterocycles. The molecular formula is C14H16F3NO3. The molecule has 21 heavy (non-hydrogen) atoms. The first-order valence-electron chi connectivity index (χ1n) is 6.64. The molecule has 0 aromatic heterocycles. The summed E-state index contributed by atoms with van der Waals surface area (Å²) in [5, 5.41) is 21.9. The quantitative estimate of drug-likeness (QED) is 0.748. The summed E-state index contributed by atoms with van der Waals surface area (Å²) in [4.78, 5) is 10.8. The Balaban J connectivity index is 1.95. The van der Waals surface area contributed by atoms with Crippen molar-refractivity contribution in [3.63, 3.8) is 0 Å². The summed E-state index contributed by atoms with van der Waals surface area (Å²) in [5.41, 5.74) is -1.10. The maximum absolute atomic E-state index is 13.1. The number of benzene rings is 1. The zero-order valence-corrected chi connectivity index (χ0v) is 11.2. The van der Waals surface area contributed by atoms with Crippen LogP contribution in [0.25, 0.3) is 0 Å². The number of carboxylic acid groups (broad SMARTS) is 1. The van der Waals surface area contributed by atoms with E-state index in [4.69, 9.17) is 5.11 Å². The number of carboxylic acids is 1. The van der Waals surface area contributed by atoms with E-state index in [1.165, 1.54) is 0 Å². The molecule has 1 saturated carbocycles. The molecule has 1 aromatic carbocycles. The molecule has 116 valence electrons. The van der Waals surface area contributed by atoms with E-state index in [9.17, 15) is 23.1 Å². The van der Waals surface area contributed by atoms with E-state index in [1.54, 1.807) is 0 Å². The largest absolute Gasteiger partial charge is 0.481 e. The fourth-order valence-electron chi connectivity index (χ4n) is 2.50. The Morgan fingerprint density at radius 1 is 1.24 bits per heavy atom. The monoisotopic (exact) mass is 303 g/mol. The maximum atomic E-state index is 13.1. The van der Waals surface area contributed by atoms with Gasteiger partial charge in [-0.1, -0.05) is 0 Å². The minimum atomic E-state index is -1.54. The Morgan fingerprint density at radius 3 is 2.24 bits per heavy atom. The molecule has 0 amide bonds. The van der Waals surface area contributed by atoms with Gasteiger partial charge in [0.1, 0.15) is 0 Å². The summed E-state index contributed by atoms with van der Waals surface area (Å²) in [5.74, 6) is -5.50. The van der Waals surface area contributed by atoms with E-state index in [-0.39, 0.29) is 25.1 Å². The second kappa shape index (κ2) is 5.93. The van der Waals surface area contributed by atoms with Crippen molar-refractivity contribution < 1.29 is 28.2 Å². The predicted octanol–water partition coefficient (Wildman–Crippen LogP) is 2.52. The molecule has 0 spiro atoms. The van der Waals surface area contributed by atoms with Gasteiger partial charge >= 0.3 is 5.97 Å². The summed E-state index contributed by atoms with van der Waals surface area (Å²) < 4.78 is 38.9.